The summed E-state index contributed by atoms with van der Waals surface area (Å²) in [6.45, 7) is 0. The van der Waals surface area contributed by atoms with E-state index >= 15 is 0 Å². The van der Waals surface area contributed by atoms with E-state index in [2.05, 4.69) is 15.2 Å². The highest BCUT2D eigenvalue weighted by Gasteiger charge is 2.12. The van der Waals surface area contributed by atoms with Crippen molar-refractivity contribution in [2.45, 2.75) is 0 Å². The van der Waals surface area contributed by atoms with Gasteiger partial charge in [-0.3, -0.25) is 0 Å². The van der Waals surface area contributed by atoms with Crippen molar-refractivity contribution in [2.24, 2.45) is 0 Å². The molecule has 0 aliphatic rings. The third-order valence-corrected chi connectivity index (χ3v) is 2.76. The number of halogens is 2. The molecule has 2 rings (SSSR count). The summed E-state index contributed by atoms with van der Waals surface area (Å²) in [6, 6.07) is 5.13. The lowest BCUT2D eigenvalue weighted by Gasteiger charge is -2.06. The van der Waals surface area contributed by atoms with Crippen molar-refractivity contribution in [3.63, 3.8) is 0 Å². The van der Waals surface area contributed by atoms with Crippen LogP contribution < -0.4 is 11.5 Å². The number of benzene rings is 1. The van der Waals surface area contributed by atoms with E-state index in [1.54, 1.807) is 18.2 Å². The van der Waals surface area contributed by atoms with Crippen LogP contribution in [0, 0.1) is 0 Å². The van der Waals surface area contributed by atoms with Gasteiger partial charge in [0, 0.05) is 5.56 Å². The number of hydrogen-bond acceptors (Lipinski definition) is 5. The lowest BCUT2D eigenvalue weighted by molar-refractivity contribution is 0.824. The van der Waals surface area contributed by atoms with Crippen LogP contribution in [-0.4, -0.2) is 20.7 Å². The molecule has 8 heteroatoms. The van der Waals surface area contributed by atoms with Gasteiger partial charge in [-0.15, -0.1) is 10.2 Å². The molecule has 17 heavy (non-hydrogen) atoms. The van der Waals surface area contributed by atoms with Crippen LogP contribution in [0.1, 0.15) is 0 Å². The molecule has 0 bridgehead atoms. The van der Waals surface area contributed by atoms with E-state index in [1.807, 2.05) is 0 Å². The number of nitrogens with two attached hydrogens (primary N) is 2. The second-order valence-corrected chi connectivity index (χ2v) is 3.79. The number of nitrogen functional groups attached to an aromatic ring is 2. The van der Waals surface area contributed by atoms with E-state index in [1.165, 1.54) is 0 Å². The van der Waals surface area contributed by atoms with Crippen molar-refractivity contribution in [3.8, 4) is 11.3 Å². The summed E-state index contributed by atoms with van der Waals surface area (Å²) in [4.78, 5) is 3.80. The van der Waals surface area contributed by atoms with Crippen molar-refractivity contribution in [3.05, 3.63) is 28.2 Å². The zero-order valence-corrected chi connectivity index (χ0v) is 10.00. The molecule has 2 aromatic rings. The molecule has 0 unspecified atom stereocenters. The highest BCUT2D eigenvalue weighted by Crippen LogP contribution is 2.33. The molecule has 0 saturated carbocycles. The smallest absolute Gasteiger partial charge is 0.242 e. The molecule has 90 valence electrons. The van der Waals surface area contributed by atoms with Crippen LogP contribution >= 0.6 is 23.2 Å². The number of rotatable bonds is 1. The summed E-state index contributed by atoms with van der Waals surface area (Å²) in [7, 11) is 0. The summed E-state index contributed by atoms with van der Waals surface area (Å²) in [5, 5.41) is 8.24. The third-order valence-electron chi connectivity index (χ3n) is 1.94. The Kier molecular flexibility index (Phi) is 4.06. The number of hydrogen-bond donors (Lipinski definition) is 2. The molecule has 0 radical (unpaired) electrons. The lowest BCUT2D eigenvalue weighted by Crippen LogP contribution is -2.04. The summed E-state index contributed by atoms with van der Waals surface area (Å²) >= 11 is 11.9. The Bertz CT molecular complexity index is 549. The fraction of sp³-hybridized carbons (Fsp3) is 0. The monoisotopic (exact) mass is 273 g/mol. The van der Waals surface area contributed by atoms with Crippen LogP contribution in [-0.2, 0) is 0 Å². The maximum atomic E-state index is 6.03. The highest BCUT2D eigenvalue weighted by atomic mass is 35.5. The predicted molar refractivity (Wildman–Crippen MR) is 67.7 cm³/mol. The second kappa shape index (κ2) is 5.13. The van der Waals surface area contributed by atoms with Gasteiger partial charge in [0.1, 0.15) is 5.69 Å². The van der Waals surface area contributed by atoms with E-state index in [0.717, 1.165) is 0 Å². The van der Waals surface area contributed by atoms with Gasteiger partial charge in [0.25, 0.3) is 0 Å². The molecule has 0 spiro atoms. The Morgan fingerprint density at radius 2 is 1.76 bits per heavy atom. The molecule has 0 aliphatic carbocycles. The zero-order valence-electron chi connectivity index (χ0n) is 8.48. The van der Waals surface area contributed by atoms with E-state index in [9.17, 15) is 0 Å². The van der Waals surface area contributed by atoms with Crippen molar-refractivity contribution >= 4 is 35.0 Å². The largest absolute Gasteiger partial charge is 0.412 e. The van der Waals surface area contributed by atoms with Crippen LogP contribution in [0.5, 0.6) is 0 Å². The van der Waals surface area contributed by atoms with Crippen molar-refractivity contribution in [1.82, 2.24) is 15.2 Å². The van der Waals surface area contributed by atoms with Crippen LogP contribution in [0.4, 0.5) is 11.8 Å². The molecule has 0 aliphatic heterocycles. The minimum Gasteiger partial charge on any atom is -0.412 e. The predicted octanol–water partition coefficient (Wildman–Crippen LogP) is 1.19. The Morgan fingerprint density at radius 3 is 2.41 bits per heavy atom. The van der Waals surface area contributed by atoms with Crippen molar-refractivity contribution < 1.29 is 5.48 Å². The molecule has 0 atom stereocenters. The molecule has 0 saturated heterocycles. The zero-order chi connectivity index (χ0) is 11.7. The van der Waals surface area contributed by atoms with E-state index in [4.69, 9.17) is 34.7 Å². The molecule has 0 fully saturated rings. The maximum absolute atomic E-state index is 6.03. The van der Waals surface area contributed by atoms with Crippen LogP contribution in [0.2, 0.25) is 10.0 Å². The SMILES string of the molecule is Nc1nnc(-c2cccc(Cl)c2Cl)c(N)n1.O. The molecule has 1 aromatic carbocycles. The Balaban J connectivity index is 0.00000144. The molecule has 1 heterocycles. The first-order valence-electron chi connectivity index (χ1n) is 4.29. The van der Waals surface area contributed by atoms with Gasteiger partial charge in [0.2, 0.25) is 5.95 Å². The topological polar surface area (TPSA) is 122 Å². The molecule has 6 N–H and O–H groups in total. The normalized spacial score (nSPS) is 9.76. The van der Waals surface area contributed by atoms with Crippen LogP contribution in [0.15, 0.2) is 18.2 Å². The van der Waals surface area contributed by atoms with Gasteiger partial charge in [-0.05, 0) is 6.07 Å². The number of nitrogens with zero attached hydrogens (tertiary/aromatic N) is 3. The average Bonchev–Trinajstić information content (AvgIpc) is 2.23. The van der Waals surface area contributed by atoms with Gasteiger partial charge >= 0.3 is 0 Å². The number of aromatic nitrogens is 3. The first-order valence-corrected chi connectivity index (χ1v) is 5.05. The quantitative estimate of drug-likeness (QED) is 0.808. The van der Waals surface area contributed by atoms with Crippen molar-refractivity contribution in [1.29, 1.82) is 0 Å². The highest BCUT2D eigenvalue weighted by molar-refractivity contribution is 6.43. The number of anilines is 2. The van der Waals surface area contributed by atoms with Gasteiger partial charge in [-0.2, -0.15) is 4.98 Å². The molecular weight excluding hydrogens is 265 g/mol. The Hall–Kier alpha value is -1.63. The minimum absolute atomic E-state index is 0. The maximum Gasteiger partial charge on any atom is 0.242 e. The van der Waals surface area contributed by atoms with E-state index in [-0.39, 0.29) is 17.2 Å². The second-order valence-electron chi connectivity index (χ2n) is 3.01. The van der Waals surface area contributed by atoms with E-state index < -0.39 is 0 Å². The standard InChI is InChI=1S/C9H7Cl2N5.H2O/c10-5-3-1-2-4(6(5)11)7-8(12)14-9(13)16-15-7;/h1-3H,(H4,12,13,14,16);1H2. The lowest BCUT2D eigenvalue weighted by atomic mass is 10.1. The summed E-state index contributed by atoms with van der Waals surface area (Å²) in [6.07, 6.45) is 0. The van der Waals surface area contributed by atoms with Gasteiger partial charge in [-0.25, -0.2) is 0 Å². The molecule has 0 amide bonds. The first kappa shape index (κ1) is 13.4. The third kappa shape index (κ3) is 2.55. The fourth-order valence-corrected chi connectivity index (χ4v) is 1.62. The van der Waals surface area contributed by atoms with Crippen molar-refractivity contribution in [2.75, 3.05) is 11.5 Å². The van der Waals surface area contributed by atoms with Gasteiger partial charge in [0.15, 0.2) is 5.82 Å². The van der Waals surface area contributed by atoms with E-state index in [0.29, 0.717) is 21.3 Å². The average molecular weight is 274 g/mol. The summed E-state index contributed by atoms with van der Waals surface area (Å²) in [5.74, 6) is 0.177. The first-order chi connectivity index (χ1) is 7.59. The summed E-state index contributed by atoms with van der Waals surface area (Å²) < 4.78 is 0. The molecule has 6 nitrogen and oxygen atoms in total. The van der Waals surface area contributed by atoms with Crippen LogP contribution in [0.25, 0.3) is 11.3 Å². The van der Waals surface area contributed by atoms with Gasteiger partial charge < -0.3 is 16.9 Å². The summed E-state index contributed by atoms with van der Waals surface area (Å²) in [5.41, 5.74) is 12.0. The van der Waals surface area contributed by atoms with Crippen LogP contribution in [0.3, 0.4) is 0 Å². The van der Waals surface area contributed by atoms with Gasteiger partial charge in [0.05, 0.1) is 10.0 Å². The Morgan fingerprint density at radius 1 is 1.06 bits per heavy atom. The van der Waals surface area contributed by atoms with Gasteiger partial charge in [-0.1, -0.05) is 35.3 Å². The minimum atomic E-state index is 0. The molecule has 1 aromatic heterocycles. The fourth-order valence-electron chi connectivity index (χ4n) is 1.23. The molecular formula is C9H9Cl2N5O. The Labute approximate surface area is 107 Å².